The molecule has 1 fully saturated rings. The molecule has 0 bridgehead atoms. The van der Waals surface area contributed by atoms with E-state index in [4.69, 9.17) is 4.74 Å². The van der Waals surface area contributed by atoms with Gasteiger partial charge in [0.1, 0.15) is 0 Å². The van der Waals surface area contributed by atoms with Crippen molar-refractivity contribution in [3.05, 3.63) is 46.2 Å². The number of carbonyl (C=O) groups is 1. The molecular formula is C18H22N2O2S. The fourth-order valence-electron chi connectivity index (χ4n) is 2.71. The van der Waals surface area contributed by atoms with E-state index < -0.39 is 0 Å². The Labute approximate surface area is 141 Å². The third-order valence-electron chi connectivity index (χ3n) is 4.08. The summed E-state index contributed by atoms with van der Waals surface area (Å²) < 4.78 is 5.39. The van der Waals surface area contributed by atoms with Gasteiger partial charge in [-0.15, -0.1) is 0 Å². The minimum Gasteiger partial charge on any atom is -0.378 e. The second kappa shape index (κ2) is 7.62. The van der Waals surface area contributed by atoms with Crippen LogP contribution in [-0.4, -0.2) is 32.2 Å². The number of nitrogens with one attached hydrogen (secondary N) is 1. The second-order valence-electron chi connectivity index (χ2n) is 5.78. The molecule has 4 nitrogen and oxygen atoms in total. The third-order valence-corrected chi connectivity index (χ3v) is 4.81. The second-order valence-corrected chi connectivity index (χ2v) is 6.56. The fourth-order valence-corrected chi connectivity index (χ4v) is 3.41. The van der Waals surface area contributed by atoms with Crippen molar-refractivity contribution in [1.82, 2.24) is 0 Å². The Balaban J connectivity index is 1.58. The maximum atomic E-state index is 12.1. The first kappa shape index (κ1) is 16.0. The Bertz CT molecular complexity index is 649. The molecule has 0 spiro atoms. The topological polar surface area (TPSA) is 41.6 Å². The van der Waals surface area contributed by atoms with E-state index in [9.17, 15) is 4.79 Å². The molecule has 122 valence electrons. The van der Waals surface area contributed by atoms with Gasteiger partial charge in [-0.05, 0) is 59.5 Å². The SMILES string of the molecule is Cc1cc(N2CCOCC2)ccc1NC(=O)CCc1ccsc1. The van der Waals surface area contributed by atoms with Crippen molar-refractivity contribution in [2.45, 2.75) is 19.8 Å². The van der Waals surface area contributed by atoms with Crippen molar-refractivity contribution >= 4 is 28.6 Å². The predicted octanol–water partition coefficient (Wildman–Crippen LogP) is 3.46. The Hall–Kier alpha value is -1.85. The smallest absolute Gasteiger partial charge is 0.224 e. The lowest BCUT2D eigenvalue weighted by atomic mass is 10.1. The van der Waals surface area contributed by atoms with Crippen LogP contribution in [0, 0.1) is 6.92 Å². The van der Waals surface area contributed by atoms with Crippen LogP contribution in [-0.2, 0) is 16.0 Å². The number of nitrogens with zero attached hydrogens (tertiary/aromatic N) is 1. The first-order chi connectivity index (χ1) is 11.2. The minimum atomic E-state index is 0.0680. The van der Waals surface area contributed by atoms with Gasteiger partial charge in [-0.1, -0.05) is 0 Å². The van der Waals surface area contributed by atoms with E-state index in [-0.39, 0.29) is 5.91 Å². The molecule has 1 aliphatic heterocycles. The number of thiophene rings is 1. The monoisotopic (exact) mass is 330 g/mol. The molecule has 3 rings (SSSR count). The van der Waals surface area contributed by atoms with Crippen molar-refractivity contribution in [2.24, 2.45) is 0 Å². The number of aryl methyl sites for hydroxylation is 2. The van der Waals surface area contributed by atoms with Crippen LogP contribution < -0.4 is 10.2 Å². The number of ether oxygens (including phenoxy) is 1. The van der Waals surface area contributed by atoms with Gasteiger partial charge in [0.2, 0.25) is 5.91 Å². The number of benzene rings is 1. The van der Waals surface area contributed by atoms with Gasteiger partial charge in [-0.2, -0.15) is 11.3 Å². The van der Waals surface area contributed by atoms with Gasteiger partial charge < -0.3 is 15.0 Å². The van der Waals surface area contributed by atoms with Gasteiger partial charge in [0.05, 0.1) is 13.2 Å². The Morgan fingerprint density at radius 1 is 1.30 bits per heavy atom. The molecule has 2 heterocycles. The normalized spacial score (nSPS) is 14.7. The van der Waals surface area contributed by atoms with E-state index in [0.717, 1.165) is 44.0 Å². The van der Waals surface area contributed by atoms with Crippen molar-refractivity contribution in [3.63, 3.8) is 0 Å². The van der Waals surface area contributed by atoms with Gasteiger partial charge >= 0.3 is 0 Å². The summed E-state index contributed by atoms with van der Waals surface area (Å²) in [5.41, 5.74) is 4.42. The molecule has 0 unspecified atom stereocenters. The Morgan fingerprint density at radius 3 is 2.83 bits per heavy atom. The summed E-state index contributed by atoms with van der Waals surface area (Å²) in [5.74, 6) is 0.0680. The minimum absolute atomic E-state index is 0.0680. The molecule has 0 atom stereocenters. The molecule has 0 saturated carbocycles. The van der Waals surface area contributed by atoms with Crippen LogP contribution in [0.25, 0.3) is 0 Å². The molecular weight excluding hydrogens is 308 g/mol. The summed E-state index contributed by atoms with van der Waals surface area (Å²) in [6, 6.07) is 8.29. The number of hydrogen-bond donors (Lipinski definition) is 1. The zero-order valence-corrected chi connectivity index (χ0v) is 14.2. The molecule has 1 aromatic carbocycles. The number of amides is 1. The van der Waals surface area contributed by atoms with Crippen LogP contribution in [0.4, 0.5) is 11.4 Å². The molecule has 2 aromatic rings. The highest BCUT2D eigenvalue weighted by Gasteiger charge is 2.13. The highest BCUT2D eigenvalue weighted by atomic mass is 32.1. The number of carbonyl (C=O) groups excluding carboxylic acids is 1. The van der Waals surface area contributed by atoms with Gasteiger partial charge in [0.25, 0.3) is 0 Å². The summed E-state index contributed by atoms with van der Waals surface area (Å²) in [6.45, 7) is 5.44. The first-order valence-corrected chi connectivity index (χ1v) is 8.91. The maximum absolute atomic E-state index is 12.1. The Kier molecular flexibility index (Phi) is 5.31. The quantitative estimate of drug-likeness (QED) is 0.913. The standard InChI is InChI=1S/C18H22N2O2S/c1-14-12-16(20-7-9-22-10-8-20)3-4-17(14)19-18(21)5-2-15-6-11-23-13-15/h3-4,6,11-13H,2,5,7-10H2,1H3,(H,19,21). The first-order valence-electron chi connectivity index (χ1n) is 7.96. The third kappa shape index (κ3) is 4.33. The van der Waals surface area contributed by atoms with Gasteiger partial charge in [0.15, 0.2) is 0 Å². The van der Waals surface area contributed by atoms with E-state index >= 15 is 0 Å². The van der Waals surface area contributed by atoms with Gasteiger partial charge in [-0.3, -0.25) is 4.79 Å². The number of morpholine rings is 1. The van der Waals surface area contributed by atoms with Crippen LogP contribution in [0.3, 0.4) is 0 Å². The van der Waals surface area contributed by atoms with Crippen molar-refractivity contribution in [1.29, 1.82) is 0 Å². The summed E-state index contributed by atoms with van der Waals surface area (Å²) in [5, 5.41) is 7.16. The summed E-state index contributed by atoms with van der Waals surface area (Å²) in [4.78, 5) is 14.4. The lowest BCUT2D eigenvalue weighted by Crippen LogP contribution is -2.36. The van der Waals surface area contributed by atoms with E-state index in [1.165, 1.54) is 11.3 Å². The zero-order chi connectivity index (χ0) is 16.1. The Morgan fingerprint density at radius 2 is 2.13 bits per heavy atom. The van der Waals surface area contributed by atoms with Crippen molar-refractivity contribution in [3.8, 4) is 0 Å². The molecule has 1 aliphatic rings. The summed E-state index contributed by atoms with van der Waals surface area (Å²) in [6.07, 6.45) is 1.31. The average molecular weight is 330 g/mol. The molecule has 1 saturated heterocycles. The van der Waals surface area contributed by atoms with Crippen LogP contribution in [0.15, 0.2) is 35.0 Å². The summed E-state index contributed by atoms with van der Waals surface area (Å²) >= 11 is 1.67. The molecule has 1 aromatic heterocycles. The zero-order valence-electron chi connectivity index (χ0n) is 13.4. The molecule has 0 aliphatic carbocycles. The summed E-state index contributed by atoms with van der Waals surface area (Å²) in [7, 11) is 0. The van der Waals surface area contributed by atoms with Crippen LogP contribution in [0.1, 0.15) is 17.5 Å². The highest BCUT2D eigenvalue weighted by Crippen LogP contribution is 2.23. The van der Waals surface area contributed by atoms with E-state index in [0.29, 0.717) is 6.42 Å². The molecule has 1 N–H and O–H groups in total. The van der Waals surface area contributed by atoms with E-state index in [1.807, 2.05) is 18.4 Å². The number of anilines is 2. The fraction of sp³-hybridized carbons (Fsp3) is 0.389. The van der Waals surface area contributed by atoms with Gasteiger partial charge in [-0.25, -0.2) is 0 Å². The lowest BCUT2D eigenvalue weighted by molar-refractivity contribution is -0.116. The number of hydrogen-bond acceptors (Lipinski definition) is 4. The highest BCUT2D eigenvalue weighted by molar-refractivity contribution is 7.07. The van der Waals surface area contributed by atoms with Crippen molar-refractivity contribution < 1.29 is 9.53 Å². The largest absolute Gasteiger partial charge is 0.378 e. The van der Waals surface area contributed by atoms with E-state index in [1.54, 1.807) is 11.3 Å². The van der Waals surface area contributed by atoms with Gasteiger partial charge in [0, 0.05) is 30.9 Å². The maximum Gasteiger partial charge on any atom is 0.224 e. The average Bonchev–Trinajstić information content (AvgIpc) is 3.09. The van der Waals surface area contributed by atoms with Crippen LogP contribution in [0.5, 0.6) is 0 Å². The van der Waals surface area contributed by atoms with Crippen LogP contribution >= 0.6 is 11.3 Å². The molecule has 0 radical (unpaired) electrons. The van der Waals surface area contributed by atoms with Crippen LogP contribution in [0.2, 0.25) is 0 Å². The van der Waals surface area contributed by atoms with Crippen molar-refractivity contribution in [2.75, 3.05) is 36.5 Å². The molecule has 23 heavy (non-hydrogen) atoms. The number of rotatable bonds is 5. The lowest BCUT2D eigenvalue weighted by Gasteiger charge is -2.29. The molecule has 1 amide bonds. The molecule has 5 heteroatoms. The van der Waals surface area contributed by atoms with E-state index in [2.05, 4.69) is 33.8 Å². The predicted molar refractivity (Wildman–Crippen MR) is 95.5 cm³/mol.